The Bertz CT molecular complexity index is 849. The van der Waals surface area contributed by atoms with Crippen molar-refractivity contribution in [2.24, 2.45) is 5.73 Å². The van der Waals surface area contributed by atoms with Crippen molar-refractivity contribution in [1.29, 1.82) is 0 Å². The predicted molar refractivity (Wildman–Crippen MR) is 102 cm³/mol. The van der Waals surface area contributed by atoms with E-state index < -0.39 is 17.9 Å². The number of aromatic nitrogens is 1. The molecule has 7 nitrogen and oxygen atoms in total. The van der Waals surface area contributed by atoms with Crippen molar-refractivity contribution in [3.8, 4) is 5.75 Å². The van der Waals surface area contributed by atoms with E-state index in [1.807, 2.05) is 4.90 Å². The normalized spacial score (nSPS) is 19.7. The number of hydrogen-bond donors (Lipinski definition) is 2. The van der Waals surface area contributed by atoms with E-state index in [2.05, 4.69) is 15.0 Å². The maximum absolute atomic E-state index is 12.4. The minimum Gasteiger partial charge on any atom is -0.435 e. The molecule has 1 aliphatic heterocycles. The molecule has 2 heterocycles. The number of nitrogens with one attached hydrogen (secondary N) is 1. The van der Waals surface area contributed by atoms with Gasteiger partial charge in [0, 0.05) is 18.4 Å². The molecular formula is C20H22F2N4O3. The largest absolute Gasteiger partial charge is 0.435 e. The van der Waals surface area contributed by atoms with E-state index in [4.69, 9.17) is 5.73 Å². The lowest BCUT2D eigenvalue weighted by molar-refractivity contribution is -0.127. The smallest absolute Gasteiger partial charge is 0.387 e. The van der Waals surface area contributed by atoms with Gasteiger partial charge in [-0.3, -0.25) is 19.5 Å². The molecule has 0 unspecified atom stereocenters. The van der Waals surface area contributed by atoms with Crippen molar-refractivity contribution in [3.63, 3.8) is 0 Å². The lowest BCUT2D eigenvalue weighted by atomic mass is 9.76. The number of carbonyl (C=O) groups excluding carboxylic acids is 2. The Hall–Kier alpha value is -3.07. The second kappa shape index (κ2) is 8.95. The number of primary amides is 1. The number of pyridine rings is 1. The van der Waals surface area contributed by atoms with E-state index in [1.54, 1.807) is 24.4 Å². The zero-order valence-electron chi connectivity index (χ0n) is 15.7. The lowest BCUT2D eigenvalue weighted by Gasteiger charge is -2.40. The van der Waals surface area contributed by atoms with Gasteiger partial charge in [-0.25, -0.2) is 0 Å². The fourth-order valence-electron chi connectivity index (χ4n) is 3.58. The number of ether oxygens (including phenoxy) is 1. The molecule has 3 N–H and O–H groups in total. The van der Waals surface area contributed by atoms with Crippen LogP contribution in [0.3, 0.4) is 0 Å². The van der Waals surface area contributed by atoms with Crippen LogP contribution < -0.4 is 15.8 Å². The summed E-state index contributed by atoms with van der Waals surface area (Å²) < 4.78 is 28.7. The van der Waals surface area contributed by atoms with Crippen LogP contribution in [0.1, 0.15) is 18.5 Å². The Balaban J connectivity index is 1.64. The van der Waals surface area contributed by atoms with Crippen molar-refractivity contribution in [2.75, 3.05) is 25.0 Å². The highest BCUT2D eigenvalue weighted by Gasteiger charge is 2.43. The zero-order valence-corrected chi connectivity index (χ0v) is 15.7. The third-order valence-electron chi connectivity index (χ3n) is 4.93. The van der Waals surface area contributed by atoms with Crippen LogP contribution in [0.4, 0.5) is 14.5 Å². The SMILES string of the molecule is NC(=O)[C@]1(c2ccccn2)CCCN(CC(=O)Nc2ccc(OC(F)F)cc2)C1. The van der Waals surface area contributed by atoms with Gasteiger partial charge in [0.2, 0.25) is 11.8 Å². The molecule has 3 rings (SSSR count). The first-order chi connectivity index (χ1) is 13.9. The number of halogens is 2. The summed E-state index contributed by atoms with van der Waals surface area (Å²) in [6.07, 6.45) is 2.89. The number of nitrogens with zero attached hydrogens (tertiary/aromatic N) is 2. The second-order valence-corrected chi connectivity index (χ2v) is 6.93. The number of amides is 2. The van der Waals surface area contributed by atoms with Crippen molar-refractivity contribution < 1.29 is 23.1 Å². The first-order valence-corrected chi connectivity index (χ1v) is 9.17. The molecule has 1 aromatic heterocycles. The molecule has 1 aromatic carbocycles. The maximum atomic E-state index is 12.4. The number of hydrogen-bond acceptors (Lipinski definition) is 5. The van der Waals surface area contributed by atoms with E-state index in [1.165, 1.54) is 24.3 Å². The van der Waals surface area contributed by atoms with Gasteiger partial charge in [0.25, 0.3) is 0 Å². The van der Waals surface area contributed by atoms with E-state index in [9.17, 15) is 18.4 Å². The van der Waals surface area contributed by atoms with Crippen LogP contribution in [0.25, 0.3) is 0 Å². The lowest BCUT2D eigenvalue weighted by Crippen LogP contribution is -2.55. The van der Waals surface area contributed by atoms with Gasteiger partial charge in [0.05, 0.1) is 12.2 Å². The van der Waals surface area contributed by atoms with Crippen molar-refractivity contribution in [3.05, 3.63) is 54.4 Å². The van der Waals surface area contributed by atoms with E-state index in [0.29, 0.717) is 37.3 Å². The predicted octanol–water partition coefficient (Wildman–Crippen LogP) is 2.14. The summed E-state index contributed by atoms with van der Waals surface area (Å²) >= 11 is 0. The standard InChI is InChI=1S/C20H22F2N4O3/c21-19(22)29-15-7-5-14(6-8-15)25-17(27)12-26-11-3-9-20(13-26,18(23)28)16-4-1-2-10-24-16/h1-2,4-8,10,19H,3,9,11-13H2,(H2,23,28)(H,25,27)/t20-/m1/s1. The number of benzene rings is 1. The van der Waals surface area contributed by atoms with E-state index in [0.717, 1.165) is 0 Å². The number of piperidine rings is 1. The molecule has 29 heavy (non-hydrogen) atoms. The average molecular weight is 404 g/mol. The third kappa shape index (κ3) is 5.05. The van der Waals surface area contributed by atoms with Gasteiger partial charge < -0.3 is 15.8 Å². The maximum Gasteiger partial charge on any atom is 0.387 e. The van der Waals surface area contributed by atoms with E-state index in [-0.39, 0.29) is 18.2 Å². The molecule has 154 valence electrons. The molecule has 1 aliphatic rings. The molecule has 0 aliphatic carbocycles. The van der Waals surface area contributed by atoms with Crippen LogP contribution in [0, 0.1) is 0 Å². The molecule has 2 aromatic rings. The average Bonchev–Trinajstić information content (AvgIpc) is 2.69. The molecule has 0 spiro atoms. The van der Waals surface area contributed by atoms with Crippen LogP contribution in [0.15, 0.2) is 48.7 Å². The number of nitrogens with two attached hydrogens (primary N) is 1. The fraction of sp³-hybridized carbons (Fsp3) is 0.350. The minimum atomic E-state index is -2.90. The summed E-state index contributed by atoms with van der Waals surface area (Å²) in [5, 5.41) is 2.71. The molecule has 0 radical (unpaired) electrons. The monoisotopic (exact) mass is 404 g/mol. The van der Waals surface area contributed by atoms with Crippen molar-refractivity contribution in [1.82, 2.24) is 9.88 Å². The van der Waals surface area contributed by atoms with Gasteiger partial charge in [-0.15, -0.1) is 0 Å². The quantitative estimate of drug-likeness (QED) is 0.737. The number of alkyl halides is 2. The van der Waals surface area contributed by atoms with Crippen molar-refractivity contribution in [2.45, 2.75) is 24.9 Å². The van der Waals surface area contributed by atoms with Gasteiger partial charge in [-0.1, -0.05) is 6.07 Å². The molecular weight excluding hydrogens is 382 g/mol. The van der Waals surface area contributed by atoms with Gasteiger partial charge in [-0.05, 0) is 55.8 Å². The third-order valence-corrected chi connectivity index (χ3v) is 4.93. The van der Waals surface area contributed by atoms with Crippen LogP contribution in [-0.4, -0.2) is 47.9 Å². The summed E-state index contributed by atoms with van der Waals surface area (Å²) in [4.78, 5) is 30.9. The van der Waals surface area contributed by atoms with Crippen LogP contribution in [-0.2, 0) is 15.0 Å². The number of carbonyl (C=O) groups is 2. The highest BCUT2D eigenvalue weighted by atomic mass is 19.3. The molecule has 1 fully saturated rings. The number of likely N-dealkylation sites (tertiary alicyclic amines) is 1. The molecule has 1 atom stereocenters. The van der Waals surface area contributed by atoms with E-state index >= 15 is 0 Å². The Labute approximate surface area is 166 Å². The molecule has 2 amide bonds. The van der Waals surface area contributed by atoms with Gasteiger partial charge in [0.15, 0.2) is 0 Å². The second-order valence-electron chi connectivity index (χ2n) is 6.93. The molecule has 0 bridgehead atoms. The van der Waals surface area contributed by atoms with Crippen LogP contribution >= 0.6 is 0 Å². The summed E-state index contributed by atoms with van der Waals surface area (Å²) in [5.41, 5.74) is 5.85. The first kappa shape index (κ1) is 20.7. The first-order valence-electron chi connectivity index (χ1n) is 9.17. The Morgan fingerprint density at radius 2 is 2.00 bits per heavy atom. The van der Waals surface area contributed by atoms with Gasteiger partial charge in [0.1, 0.15) is 11.2 Å². The topological polar surface area (TPSA) is 97.6 Å². The summed E-state index contributed by atoms with van der Waals surface area (Å²) in [7, 11) is 0. The Morgan fingerprint density at radius 3 is 2.62 bits per heavy atom. The van der Waals surface area contributed by atoms with Gasteiger partial charge in [-0.2, -0.15) is 8.78 Å². The highest BCUT2D eigenvalue weighted by molar-refractivity contribution is 5.92. The van der Waals surface area contributed by atoms with Gasteiger partial charge >= 0.3 is 6.61 Å². The summed E-state index contributed by atoms with van der Waals surface area (Å²) in [6, 6.07) is 11.0. The number of rotatable bonds is 7. The molecule has 9 heteroatoms. The Kier molecular flexibility index (Phi) is 6.38. The zero-order chi connectivity index (χ0) is 20.9. The van der Waals surface area contributed by atoms with Crippen LogP contribution in [0.2, 0.25) is 0 Å². The Morgan fingerprint density at radius 1 is 1.24 bits per heavy atom. The molecule has 0 saturated carbocycles. The fourth-order valence-corrected chi connectivity index (χ4v) is 3.58. The number of anilines is 1. The molecule has 1 saturated heterocycles. The van der Waals surface area contributed by atoms with Crippen molar-refractivity contribution >= 4 is 17.5 Å². The summed E-state index contributed by atoms with van der Waals surface area (Å²) in [6.45, 7) is -1.89. The highest BCUT2D eigenvalue weighted by Crippen LogP contribution is 2.32. The minimum absolute atomic E-state index is 0.00984. The summed E-state index contributed by atoms with van der Waals surface area (Å²) in [5.74, 6) is -0.736. The van der Waals surface area contributed by atoms with Crippen LogP contribution in [0.5, 0.6) is 5.75 Å².